The molecule has 2 aromatic carbocycles. The van der Waals surface area contributed by atoms with E-state index in [4.69, 9.17) is 0 Å². The van der Waals surface area contributed by atoms with Gasteiger partial charge >= 0.3 is 0 Å². The zero-order chi connectivity index (χ0) is 18.4. The third kappa shape index (κ3) is 4.37. The number of thiazole rings is 1. The topological polar surface area (TPSA) is 85.8 Å². The summed E-state index contributed by atoms with van der Waals surface area (Å²) in [5.74, 6) is 0. The van der Waals surface area contributed by atoms with Crippen LogP contribution in [0.4, 0.5) is 16.4 Å². The molecule has 0 amide bonds. The first-order valence-electron chi connectivity index (χ1n) is 7.91. The number of hydrazone groups is 1. The lowest BCUT2D eigenvalue weighted by molar-refractivity contribution is 1.18. The normalized spacial score (nSPS) is 11.5. The van der Waals surface area contributed by atoms with Crippen LogP contribution in [0.5, 0.6) is 0 Å². The van der Waals surface area contributed by atoms with Gasteiger partial charge in [0.2, 0.25) is 0 Å². The van der Waals surface area contributed by atoms with Crippen molar-refractivity contribution in [1.82, 2.24) is 4.98 Å². The van der Waals surface area contributed by atoms with Crippen LogP contribution in [0, 0.1) is 25.2 Å². The highest BCUT2D eigenvalue weighted by molar-refractivity contribution is 7.17. The number of hydrogen-bond donors (Lipinski definition) is 1. The molecule has 0 radical (unpaired) electrons. The highest BCUT2D eigenvalue weighted by Gasteiger charge is 2.13. The Kier molecular flexibility index (Phi) is 5.46. The Labute approximate surface area is 155 Å². The molecule has 0 fully saturated rings. The largest absolute Gasteiger partial charge is 0.277 e. The highest BCUT2D eigenvalue weighted by Crippen LogP contribution is 2.29. The Morgan fingerprint density at radius 1 is 1.08 bits per heavy atom. The monoisotopic (exact) mass is 360 g/mol. The summed E-state index contributed by atoms with van der Waals surface area (Å²) in [6, 6.07) is 19.3. The first-order chi connectivity index (χ1) is 12.7. The predicted octanol–water partition coefficient (Wildman–Crippen LogP) is 5.52. The van der Waals surface area contributed by atoms with E-state index < -0.39 is 0 Å². The van der Waals surface area contributed by atoms with Crippen molar-refractivity contribution >= 4 is 33.4 Å². The maximum atomic E-state index is 9.41. The van der Waals surface area contributed by atoms with Gasteiger partial charge in [0.25, 0.3) is 0 Å². The van der Waals surface area contributed by atoms with E-state index in [1.807, 2.05) is 68.4 Å². The second-order valence-corrected chi connectivity index (χ2v) is 6.48. The standard InChI is InChI=1S/C19H16N6S/c1-13-7-6-10-16(11-13)23-24-17(12-20)19-21-14(2)18(26-19)25-22-15-8-4-3-5-9-15/h3-11,23H,1-2H3/b24-17+,25-22?. The third-order valence-corrected chi connectivity index (χ3v) is 4.46. The van der Waals surface area contributed by atoms with Crippen LogP contribution in [0.3, 0.4) is 0 Å². The Morgan fingerprint density at radius 3 is 2.62 bits per heavy atom. The zero-order valence-corrected chi connectivity index (χ0v) is 15.2. The Bertz CT molecular complexity index is 998. The van der Waals surface area contributed by atoms with Crippen molar-refractivity contribution in [1.29, 1.82) is 5.26 Å². The van der Waals surface area contributed by atoms with Gasteiger partial charge in [0, 0.05) is 0 Å². The lowest BCUT2D eigenvalue weighted by Gasteiger charge is -2.01. The van der Waals surface area contributed by atoms with Crippen molar-refractivity contribution in [3.05, 3.63) is 70.9 Å². The maximum Gasteiger partial charge on any atom is 0.196 e. The molecule has 0 spiro atoms. The molecule has 3 rings (SSSR count). The SMILES string of the molecule is Cc1cccc(N/N=C(\C#N)c2nc(C)c(N=Nc3ccccc3)s2)c1. The van der Waals surface area contributed by atoms with Gasteiger partial charge in [-0.25, -0.2) is 4.98 Å². The van der Waals surface area contributed by atoms with E-state index in [9.17, 15) is 5.26 Å². The summed E-state index contributed by atoms with van der Waals surface area (Å²) < 4.78 is 0. The second kappa shape index (κ2) is 8.14. The molecule has 6 nitrogen and oxygen atoms in total. The second-order valence-electron chi connectivity index (χ2n) is 5.50. The van der Waals surface area contributed by atoms with Crippen LogP contribution >= 0.6 is 11.3 Å². The molecule has 0 aliphatic carbocycles. The molecule has 7 heteroatoms. The quantitative estimate of drug-likeness (QED) is 0.369. The van der Waals surface area contributed by atoms with Gasteiger partial charge in [-0.2, -0.15) is 10.4 Å². The van der Waals surface area contributed by atoms with E-state index in [0.29, 0.717) is 15.7 Å². The van der Waals surface area contributed by atoms with E-state index in [0.717, 1.165) is 16.9 Å². The van der Waals surface area contributed by atoms with Gasteiger partial charge in [-0.15, -0.1) is 10.2 Å². The highest BCUT2D eigenvalue weighted by atomic mass is 32.1. The molecule has 0 aliphatic heterocycles. The molecule has 0 atom stereocenters. The van der Waals surface area contributed by atoms with Crippen LogP contribution in [0.15, 0.2) is 69.9 Å². The van der Waals surface area contributed by atoms with Crippen LogP contribution in [0.2, 0.25) is 0 Å². The molecular weight excluding hydrogens is 344 g/mol. The number of aromatic nitrogens is 1. The molecule has 0 aliphatic rings. The smallest absolute Gasteiger partial charge is 0.196 e. The lowest BCUT2D eigenvalue weighted by Crippen LogP contribution is -2.01. The molecular formula is C19H16N6S. The minimum Gasteiger partial charge on any atom is -0.277 e. The molecule has 1 N–H and O–H groups in total. The fourth-order valence-electron chi connectivity index (χ4n) is 2.14. The Balaban J connectivity index is 1.80. The summed E-state index contributed by atoms with van der Waals surface area (Å²) in [7, 11) is 0. The first kappa shape index (κ1) is 17.5. The number of nitrogens with zero attached hydrogens (tertiary/aromatic N) is 5. The summed E-state index contributed by atoms with van der Waals surface area (Å²) in [5.41, 5.74) is 6.50. The first-order valence-corrected chi connectivity index (χ1v) is 8.72. The number of azo groups is 1. The molecule has 0 saturated heterocycles. The van der Waals surface area contributed by atoms with E-state index in [2.05, 4.69) is 31.8 Å². The molecule has 1 aromatic heterocycles. The van der Waals surface area contributed by atoms with Gasteiger partial charge in [-0.3, -0.25) is 5.43 Å². The van der Waals surface area contributed by atoms with Crippen LogP contribution in [0.1, 0.15) is 16.3 Å². The fraction of sp³-hybridized carbons (Fsp3) is 0.105. The average Bonchev–Trinajstić information content (AvgIpc) is 3.02. The Morgan fingerprint density at radius 2 is 1.88 bits per heavy atom. The van der Waals surface area contributed by atoms with E-state index in [1.165, 1.54) is 11.3 Å². The van der Waals surface area contributed by atoms with Crippen molar-refractivity contribution in [2.24, 2.45) is 15.3 Å². The van der Waals surface area contributed by atoms with Crippen molar-refractivity contribution in [3.63, 3.8) is 0 Å². The summed E-state index contributed by atoms with van der Waals surface area (Å²) in [5, 5.41) is 23.2. The number of hydrogen-bond acceptors (Lipinski definition) is 7. The van der Waals surface area contributed by atoms with Crippen molar-refractivity contribution in [2.75, 3.05) is 5.43 Å². The molecule has 0 saturated carbocycles. The molecule has 0 unspecified atom stereocenters. The predicted molar refractivity (Wildman–Crippen MR) is 104 cm³/mol. The van der Waals surface area contributed by atoms with Crippen molar-refractivity contribution in [2.45, 2.75) is 13.8 Å². The number of nitriles is 1. The molecule has 0 bridgehead atoms. The van der Waals surface area contributed by atoms with Gasteiger partial charge in [0.1, 0.15) is 6.07 Å². The number of benzene rings is 2. The van der Waals surface area contributed by atoms with E-state index in [1.54, 1.807) is 0 Å². The Hall–Kier alpha value is -3.37. The minimum atomic E-state index is 0.209. The van der Waals surface area contributed by atoms with E-state index in [-0.39, 0.29) is 5.71 Å². The van der Waals surface area contributed by atoms with Crippen molar-refractivity contribution < 1.29 is 0 Å². The summed E-state index contributed by atoms with van der Waals surface area (Å²) in [4.78, 5) is 4.40. The lowest BCUT2D eigenvalue weighted by atomic mass is 10.2. The van der Waals surface area contributed by atoms with Crippen LogP contribution in [-0.2, 0) is 0 Å². The van der Waals surface area contributed by atoms with Gasteiger partial charge < -0.3 is 0 Å². The molecule has 3 aromatic rings. The van der Waals surface area contributed by atoms with Crippen LogP contribution < -0.4 is 5.43 Å². The molecule has 26 heavy (non-hydrogen) atoms. The number of anilines is 1. The fourth-order valence-corrected chi connectivity index (χ4v) is 2.96. The number of aryl methyl sites for hydroxylation is 2. The van der Waals surface area contributed by atoms with Gasteiger partial charge in [-0.1, -0.05) is 41.7 Å². The summed E-state index contributed by atoms with van der Waals surface area (Å²) >= 11 is 1.28. The van der Waals surface area contributed by atoms with Gasteiger partial charge in [-0.05, 0) is 43.7 Å². The summed E-state index contributed by atoms with van der Waals surface area (Å²) in [6.45, 7) is 3.83. The van der Waals surface area contributed by atoms with E-state index >= 15 is 0 Å². The average molecular weight is 360 g/mol. The number of rotatable bonds is 5. The number of nitrogens with one attached hydrogen (secondary N) is 1. The maximum absolute atomic E-state index is 9.41. The van der Waals surface area contributed by atoms with Crippen LogP contribution in [0.25, 0.3) is 0 Å². The van der Waals surface area contributed by atoms with Crippen molar-refractivity contribution in [3.8, 4) is 6.07 Å². The molecule has 128 valence electrons. The zero-order valence-electron chi connectivity index (χ0n) is 14.3. The minimum absolute atomic E-state index is 0.209. The third-order valence-electron chi connectivity index (χ3n) is 3.41. The van der Waals surface area contributed by atoms with Gasteiger partial charge in [0.15, 0.2) is 15.7 Å². The molecule has 1 heterocycles. The van der Waals surface area contributed by atoms with Gasteiger partial charge in [0.05, 0.1) is 17.1 Å². The van der Waals surface area contributed by atoms with Crippen LogP contribution in [-0.4, -0.2) is 10.7 Å². The summed E-state index contributed by atoms with van der Waals surface area (Å²) in [6.07, 6.45) is 0.